The molecular formula is C18H14F7N5O3. The van der Waals surface area contributed by atoms with Gasteiger partial charge in [-0.2, -0.15) is 26.3 Å². The molecule has 15 heteroatoms. The van der Waals surface area contributed by atoms with E-state index in [1.807, 2.05) is 0 Å². The smallest absolute Gasteiger partial charge is 0.325 e. The van der Waals surface area contributed by atoms with E-state index in [9.17, 15) is 45.1 Å². The summed E-state index contributed by atoms with van der Waals surface area (Å²) in [5.74, 6) is -0.823. The minimum absolute atomic E-state index is 0.00107. The van der Waals surface area contributed by atoms with E-state index in [0.29, 0.717) is 12.1 Å². The zero-order valence-electron chi connectivity index (χ0n) is 16.8. The second kappa shape index (κ2) is 7.74. The van der Waals surface area contributed by atoms with E-state index >= 15 is 0 Å². The van der Waals surface area contributed by atoms with Crippen molar-refractivity contribution >= 4 is 22.8 Å². The maximum absolute atomic E-state index is 14.1. The maximum atomic E-state index is 14.1. The number of benzene rings is 1. The Labute approximate surface area is 178 Å². The molecule has 1 amide bonds. The van der Waals surface area contributed by atoms with E-state index in [-0.39, 0.29) is 29.0 Å². The second-order valence-electron chi connectivity index (χ2n) is 7.03. The van der Waals surface area contributed by atoms with Crippen molar-refractivity contribution in [2.24, 2.45) is 14.1 Å². The first-order chi connectivity index (χ1) is 15.1. The number of rotatable bonds is 4. The van der Waals surface area contributed by atoms with Crippen LogP contribution in [0.4, 0.5) is 36.4 Å². The standard InChI is InChI=1S/C18H14F7N5O3/c1-28-13-12(14(32)29(2)15(28)33)30(8-26-13)7-11(31)27-10-5-3-9(4-6-10)16(19,17(20,21)22)18(23,24)25/h3-6,8H,7H2,1-2H3,(H,27,31). The third-order valence-corrected chi connectivity index (χ3v) is 4.88. The highest BCUT2D eigenvalue weighted by Crippen LogP contribution is 2.53. The second-order valence-corrected chi connectivity index (χ2v) is 7.03. The van der Waals surface area contributed by atoms with Gasteiger partial charge in [-0.05, 0) is 12.1 Å². The van der Waals surface area contributed by atoms with E-state index in [4.69, 9.17) is 0 Å². The van der Waals surface area contributed by atoms with Gasteiger partial charge in [0.05, 0.1) is 6.33 Å². The fourth-order valence-corrected chi connectivity index (χ4v) is 3.14. The van der Waals surface area contributed by atoms with Crippen LogP contribution in [0.2, 0.25) is 0 Å². The number of alkyl halides is 7. The van der Waals surface area contributed by atoms with Crippen molar-refractivity contribution < 1.29 is 35.5 Å². The normalized spacial score (nSPS) is 12.9. The lowest BCUT2D eigenvalue weighted by molar-refractivity contribution is -0.348. The number of aryl methyl sites for hydroxylation is 1. The van der Waals surface area contributed by atoms with Gasteiger partial charge in [-0.3, -0.25) is 18.7 Å². The Morgan fingerprint density at radius 3 is 2.00 bits per heavy atom. The SMILES string of the molecule is Cn1c(=O)c2c(ncn2CC(=O)Nc2ccc(C(F)(C(F)(F)F)C(F)(F)F)cc2)n(C)c1=O. The van der Waals surface area contributed by atoms with E-state index < -0.39 is 47.3 Å². The predicted octanol–water partition coefficient (Wildman–Crippen LogP) is 2.36. The Balaban J connectivity index is 1.86. The summed E-state index contributed by atoms with van der Waals surface area (Å²) in [5.41, 5.74) is -8.98. The number of hydrogen-bond donors (Lipinski definition) is 1. The van der Waals surface area contributed by atoms with Crippen molar-refractivity contribution in [2.45, 2.75) is 24.6 Å². The Hall–Kier alpha value is -3.65. The molecule has 2 aromatic heterocycles. The minimum atomic E-state index is -6.26. The van der Waals surface area contributed by atoms with Crippen molar-refractivity contribution in [2.75, 3.05) is 5.32 Å². The summed E-state index contributed by atoms with van der Waals surface area (Å²) in [7, 11) is 2.58. The Morgan fingerprint density at radius 2 is 1.48 bits per heavy atom. The van der Waals surface area contributed by atoms with Crippen LogP contribution in [0.3, 0.4) is 0 Å². The van der Waals surface area contributed by atoms with Gasteiger partial charge in [0.15, 0.2) is 11.2 Å². The van der Waals surface area contributed by atoms with Crippen LogP contribution in [-0.4, -0.2) is 36.9 Å². The van der Waals surface area contributed by atoms with Gasteiger partial charge in [0.25, 0.3) is 5.56 Å². The predicted molar refractivity (Wildman–Crippen MR) is 100 cm³/mol. The van der Waals surface area contributed by atoms with E-state index in [1.165, 1.54) is 14.1 Å². The molecule has 0 saturated heterocycles. The summed E-state index contributed by atoms with van der Waals surface area (Å²) < 4.78 is 94.0. The minimum Gasteiger partial charge on any atom is -0.325 e. The molecule has 33 heavy (non-hydrogen) atoms. The Bertz CT molecular complexity index is 1320. The molecule has 0 aliphatic heterocycles. The first kappa shape index (κ1) is 24.0. The molecule has 178 valence electrons. The van der Waals surface area contributed by atoms with Crippen LogP contribution in [0.15, 0.2) is 40.2 Å². The highest BCUT2D eigenvalue weighted by Gasteiger charge is 2.73. The molecule has 0 fully saturated rings. The molecule has 0 unspecified atom stereocenters. The van der Waals surface area contributed by atoms with E-state index in [0.717, 1.165) is 20.0 Å². The van der Waals surface area contributed by atoms with Crippen LogP contribution < -0.4 is 16.6 Å². The van der Waals surface area contributed by atoms with Crippen molar-refractivity contribution in [3.8, 4) is 0 Å². The number of hydrogen-bond acceptors (Lipinski definition) is 4. The van der Waals surface area contributed by atoms with Crippen LogP contribution in [0.1, 0.15) is 5.56 Å². The molecule has 1 N–H and O–H groups in total. The molecule has 0 radical (unpaired) electrons. The third kappa shape index (κ3) is 3.87. The summed E-state index contributed by atoms with van der Waals surface area (Å²) in [4.78, 5) is 40.5. The molecule has 2 heterocycles. The van der Waals surface area contributed by atoms with Crippen LogP contribution in [0.5, 0.6) is 0 Å². The van der Waals surface area contributed by atoms with Crippen LogP contribution in [0, 0.1) is 0 Å². The summed E-state index contributed by atoms with van der Waals surface area (Å²) in [6, 6.07) is 1.87. The molecule has 0 spiro atoms. The van der Waals surface area contributed by atoms with Crippen LogP contribution >= 0.6 is 0 Å². The van der Waals surface area contributed by atoms with Crippen molar-refractivity contribution in [1.82, 2.24) is 18.7 Å². The molecule has 3 rings (SSSR count). The van der Waals surface area contributed by atoms with Gasteiger partial charge < -0.3 is 9.88 Å². The van der Waals surface area contributed by atoms with E-state index in [1.54, 1.807) is 0 Å². The molecule has 0 atom stereocenters. The quantitative estimate of drug-likeness (QED) is 0.580. The van der Waals surface area contributed by atoms with E-state index in [2.05, 4.69) is 10.3 Å². The average molecular weight is 481 g/mol. The number of halogens is 7. The van der Waals surface area contributed by atoms with Gasteiger partial charge >= 0.3 is 23.7 Å². The number of imidazole rings is 1. The number of carbonyl (C=O) groups is 1. The van der Waals surface area contributed by atoms with Crippen molar-refractivity contribution in [1.29, 1.82) is 0 Å². The highest BCUT2D eigenvalue weighted by atomic mass is 19.4. The van der Waals surface area contributed by atoms with Crippen LogP contribution in [-0.2, 0) is 31.1 Å². The topological polar surface area (TPSA) is 90.9 Å². The fraction of sp³-hybridized carbons (Fsp3) is 0.333. The zero-order valence-corrected chi connectivity index (χ0v) is 16.8. The number of fused-ring (bicyclic) bond motifs is 1. The summed E-state index contributed by atoms with van der Waals surface area (Å²) in [5, 5.41) is 2.21. The lowest BCUT2D eigenvalue weighted by Gasteiger charge is -2.30. The van der Waals surface area contributed by atoms with Gasteiger partial charge in [-0.15, -0.1) is 0 Å². The number of amides is 1. The first-order valence-corrected chi connectivity index (χ1v) is 8.93. The fourth-order valence-electron chi connectivity index (χ4n) is 3.14. The Morgan fingerprint density at radius 1 is 0.939 bits per heavy atom. The van der Waals surface area contributed by atoms with Gasteiger partial charge in [0.1, 0.15) is 6.54 Å². The monoisotopic (exact) mass is 481 g/mol. The average Bonchev–Trinajstić information content (AvgIpc) is 3.12. The van der Waals surface area contributed by atoms with Crippen molar-refractivity contribution in [3.63, 3.8) is 0 Å². The molecule has 0 saturated carbocycles. The summed E-state index contributed by atoms with van der Waals surface area (Å²) in [6.07, 6.45) is -11.4. The number of nitrogens with zero attached hydrogens (tertiary/aromatic N) is 4. The molecule has 0 aliphatic rings. The summed E-state index contributed by atoms with van der Waals surface area (Å²) >= 11 is 0. The lowest BCUT2D eigenvalue weighted by atomic mass is 9.94. The molecule has 1 aromatic carbocycles. The van der Waals surface area contributed by atoms with Gasteiger partial charge in [0, 0.05) is 25.3 Å². The molecule has 0 bridgehead atoms. The Kier molecular flexibility index (Phi) is 5.63. The number of aromatic nitrogens is 4. The van der Waals surface area contributed by atoms with Gasteiger partial charge in [-0.25, -0.2) is 14.2 Å². The van der Waals surface area contributed by atoms with Gasteiger partial charge in [0.2, 0.25) is 5.91 Å². The third-order valence-electron chi connectivity index (χ3n) is 4.88. The molecule has 0 aliphatic carbocycles. The molecule has 8 nitrogen and oxygen atoms in total. The molecule has 3 aromatic rings. The molecular weight excluding hydrogens is 467 g/mol. The zero-order chi connectivity index (χ0) is 24.9. The number of carbonyl (C=O) groups excluding carboxylic acids is 1. The number of anilines is 1. The highest BCUT2D eigenvalue weighted by molar-refractivity contribution is 5.91. The van der Waals surface area contributed by atoms with Crippen molar-refractivity contribution in [3.05, 3.63) is 57.0 Å². The largest absolute Gasteiger partial charge is 0.435 e. The van der Waals surface area contributed by atoms with Gasteiger partial charge in [-0.1, -0.05) is 12.1 Å². The van der Waals surface area contributed by atoms with Crippen LogP contribution in [0.25, 0.3) is 11.2 Å². The lowest BCUT2D eigenvalue weighted by Crippen LogP contribution is -2.50. The number of nitrogens with one attached hydrogen (secondary N) is 1. The summed E-state index contributed by atoms with van der Waals surface area (Å²) in [6.45, 7) is -0.524. The maximum Gasteiger partial charge on any atom is 0.435 e. The first-order valence-electron chi connectivity index (χ1n) is 8.93.